The molecular formula is C24H31FN2O2. The minimum Gasteiger partial charge on any atom is -0.352 e. The number of nitrogens with one attached hydrogen (secondary N) is 1. The van der Waals surface area contributed by atoms with Crippen molar-refractivity contribution >= 4 is 11.8 Å². The van der Waals surface area contributed by atoms with Crippen LogP contribution in [-0.2, 0) is 22.6 Å². The lowest BCUT2D eigenvalue weighted by atomic mass is 10.0. The van der Waals surface area contributed by atoms with Crippen LogP contribution in [0.5, 0.6) is 0 Å². The van der Waals surface area contributed by atoms with Crippen LogP contribution < -0.4 is 5.32 Å². The first kappa shape index (κ1) is 22.6. The van der Waals surface area contributed by atoms with Crippen molar-refractivity contribution in [2.24, 2.45) is 0 Å². The van der Waals surface area contributed by atoms with Gasteiger partial charge in [-0.3, -0.25) is 9.59 Å². The van der Waals surface area contributed by atoms with E-state index in [1.165, 1.54) is 11.0 Å². The third-order valence-electron chi connectivity index (χ3n) is 5.10. The van der Waals surface area contributed by atoms with Crippen LogP contribution in [0.3, 0.4) is 0 Å². The summed E-state index contributed by atoms with van der Waals surface area (Å²) in [6.07, 6.45) is 0.959. The van der Waals surface area contributed by atoms with Crippen LogP contribution in [0.1, 0.15) is 49.4 Å². The van der Waals surface area contributed by atoms with Gasteiger partial charge >= 0.3 is 0 Å². The minimum atomic E-state index is -0.706. The molecule has 1 N–H and O–H groups in total. The molecule has 0 aliphatic rings. The Bertz CT molecular complexity index is 845. The van der Waals surface area contributed by atoms with E-state index in [1.54, 1.807) is 25.1 Å². The van der Waals surface area contributed by atoms with Gasteiger partial charge in [0.25, 0.3) is 0 Å². The van der Waals surface area contributed by atoms with E-state index in [-0.39, 0.29) is 36.6 Å². The average Bonchev–Trinajstić information content (AvgIpc) is 2.65. The second-order valence-corrected chi connectivity index (χ2v) is 7.78. The quantitative estimate of drug-likeness (QED) is 0.720. The third kappa shape index (κ3) is 6.41. The van der Waals surface area contributed by atoms with E-state index in [1.807, 2.05) is 45.9 Å². The molecule has 29 heavy (non-hydrogen) atoms. The zero-order valence-electron chi connectivity index (χ0n) is 18.0. The summed E-state index contributed by atoms with van der Waals surface area (Å²) in [6, 6.07) is 11.6. The van der Waals surface area contributed by atoms with Gasteiger partial charge in [0, 0.05) is 18.2 Å². The van der Waals surface area contributed by atoms with Crippen molar-refractivity contribution in [3.05, 3.63) is 70.5 Å². The molecule has 0 unspecified atom stereocenters. The molecule has 2 amide bonds. The SMILES string of the molecule is CC[C@@H](C)NC(=O)[C@@H](C)N(Cc1ccccc1F)C(=O)Cc1cc(C)cc(C)c1. The topological polar surface area (TPSA) is 49.4 Å². The number of carbonyl (C=O) groups is 2. The molecule has 5 heteroatoms. The highest BCUT2D eigenvalue weighted by molar-refractivity contribution is 5.88. The van der Waals surface area contributed by atoms with Crippen molar-refractivity contribution in [3.63, 3.8) is 0 Å². The predicted octanol–water partition coefficient (Wildman–Crippen LogP) is 4.32. The normalized spacial score (nSPS) is 12.9. The van der Waals surface area contributed by atoms with E-state index >= 15 is 0 Å². The Morgan fingerprint density at radius 1 is 1.07 bits per heavy atom. The first-order chi connectivity index (χ1) is 13.7. The minimum absolute atomic E-state index is 0.00906. The molecule has 0 heterocycles. The second-order valence-electron chi connectivity index (χ2n) is 7.78. The molecule has 0 aliphatic heterocycles. The van der Waals surface area contributed by atoms with Crippen LogP contribution in [-0.4, -0.2) is 28.8 Å². The highest BCUT2D eigenvalue weighted by Crippen LogP contribution is 2.16. The fourth-order valence-corrected chi connectivity index (χ4v) is 3.31. The van der Waals surface area contributed by atoms with E-state index < -0.39 is 6.04 Å². The molecule has 0 bridgehead atoms. The number of hydrogen-bond acceptors (Lipinski definition) is 2. The van der Waals surface area contributed by atoms with Gasteiger partial charge in [-0.2, -0.15) is 0 Å². The summed E-state index contributed by atoms with van der Waals surface area (Å²) in [6.45, 7) is 9.62. The number of benzene rings is 2. The fraction of sp³-hybridized carbons (Fsp3) is 0.417. The van der Waals surface area contributed by atoms with Crippen molar-refractivity contribution in [2.75, 3.05) is 0 Å². The molecule has 0 saturated heterocycles. The molecule has 0 aromatic heterocycles. The Hall–Kier alpha value is -2.69. The molecule has 0 fully saturated rings. The third-order valence-corrected chi connectivity index (χ3v) is 5.10. The van der Waals surface area contributed by atoms with Gasteiger partial charge in [0.15, 0.2) is 0 Å². The van der Waals surface area contributed by atoms with Gasteiger partial charge in [-0.25, -0.2) is 4.39 Å². The number of halogens is 1. The molecule has 0 aliphatic carbocycles. The van der Waals surface area contributed by atoms with Gasteiger partial charge in [0.05, 0.1) is 6.42 Å². The van der Waals surface area contributed by atoms with E-state index in [0.29, 0.717) is 5.56 Å². The van der Waals surface area contributed by atoms with Crippen LogP contribution in [0.2, 0.25) is 0 Å². The lowest BCUT2D eigenvalue weighted by molar-refractivity contribution is -0.140. The largest absolute Gasteiger partial charge is 0.352 e. The van der Waals surface area contributed by atoms with Crippen molar-refractivity contribution in [1.82, 2.24) is 10.2 Å². The summed E-state index contributed by atoms with van der Waals surface area (Å²) in [7, 11) is 0. The first-order valence-electron chi connectivity index (χ1n) is 10.1. The molecule has 2 aromatic rings. The number of carbonyl (C=O) groups excluding carboxylic acids is 2. The van der Waals surface area contributed by atoms with Crippen molar-refractivity contribution in [3.8, 4) is 0 Å². The van der Waals surface area contributed by atoms with Gasteiger partial charge in [-0.1, -0.05) is 54.4 Å². The van der Waals surface area contributed by atoms with Crippen LogP contribution in [0, 0.1) is 19.7 Å². The van der Waals surface area contributed by atoms with E-state index in [4.69, 9.17) is 0 Å². The van der Waals surface area contributed by atoms with Gasteiger partial charge in [-0.15, -0.1) is 0 Å². The molecule has 156 valence electrons. The highest BCUT2D eigenvalue weighted by atomic mass is 19.1. The van der Waals surface area contributed by atoms with Gasteiger partial charge < -0.3 is 10.2 Å². The number of amides is 2. The number of nitrogens with zero attached hydrogens (tertiary/aromatic N) is 1. The van der Waals surface area contributed by atoms with Gasteiger partial charge in [-0.05, 0) is 45.7 Å². The Kier molecular flexibility index (Phi) is 7.94. The summed E-state index contributed by atoms with van der Waals surface area (Å²) in [4.78, 5) is 27.3. The summed E-state index contributed by atoms with van der Waals surface area (Å²) >= 11 is 0. The van der Waals surface area contributed by atoms with Gasteiger partial charge in [0.1, 0.15) is 11.9 Å². The van der Waals surface area contributed by atoms with E-state index in [0.717, 1.165) is 23.1 Å². The lowest BCUT2D eigenvalue weighted by Crippen LogP contribution is -2.50. The van der Waals surface area contributed by atoms with Crippen molar-refractivity contribution < 1.29 is 14.0 Å². The second kappa shape index (κ2) is 10.2. The Morgan fingerprint density at radius 2 is 1.69 bits per heavy atom. The Morgan fingerprint density at radius 3 is 2.28 bits per heavy atom. The zero-order chi connectivity index (χ0) is 21.6. The van der Waals surface area contributed by atoms with Crippen molar-refractivity contribution in [1.29, 1.82) is 0 Å². The Labute approximate surface area is 173 Å². The summed E-state index contributed by atoms with van der Waals surface area (Å²) in [5, 5.41) is 2.92. The monoisotopic (exact) mass is 398 g/mol. The molecule has 0 radical (unpaired) electrons. The standard InChI is InChI=1S/C24H31FN2O2/c1-6-18(4)26-24(29)19(5)27(15-21-9-7-8-10-22(21)25)23(28)14-20-12-16(2)11-17(3)13-20/h7-13,18-19H,6,14-15H2,1-5H3,(H,26,29)/t18-,19-/m1/s1. The fourth-order valence-electron chi connectivity index (χ4n) is 3.31. The maximum absolute atomic E-state index is 14.2. The van der Waals surface area contributed by atoms with E-state index in [2.05, 4.69) is 5.32 Å². The molecule has 4 nitrogen and oxygen atoms in total. The number of rotatable bonds is 8. The highest BCUT2D eigenvalue weighted by Gasteiger charge is 2.27. The smallest absolute Gasteiger partial charge is 0.242 e. The number of aryl methyl sites for hydroxylation is 2. The maximum atomic E-state index is 14.2. The average molecular weight is 399 g/mol. The number of hydrogen-bond donors (Lipinski definition) is 1. The maximum Gasteiger partial charge on any atom is 0.242 e. The first-order valence-corrected chi connectivity index (χ1v) is 10.1. The summed E-state index contributed by atoms with van der Waals surface area (Å²) < 4.78 is 14.2. The van der Waals surface area contributed by atoms with Crippen LogP contribution >= 0.6 is 0 Å². The molecule has 0 saturated carbocycles. The van der Waals surface area contributed by atoms with Gasteiger partial charge in [0.2, 0.25) is 11.8 Å². The molecule has 2 atom stereocenters. The molecule has 2 rings (SSSR count). The van der Waals surface area contributed by atoms with Crippen LogP contribution in [0.4, 0.5) is 4.39 Å². The predicted molar refractivity (Wildman–Crippen MR) is 114 cm³/mol. The summed E-state index contributed by atoms with van der Waals surface area (Å²) in [5.74, 6) is -0.819. The van der Waals surface area contributed by atoms with Crippen LogP contribution in [0.15, 0.2) is 42.5 Å². The Balaban J connectivity index is 2.28. The van der Waals surface area contributed by atoms with E-state index in [9.17, 15) is 14.0 Å². The molecule has 2 aromatic carbocycles. The van der Waals surface area contributed by atoms with Crippen LogP contribution in [0.25, 0.3) is 0 Å². The summed E-state index contributed by atoms with van der Waals surface area (Å²) in [5.41, 5.74) is 3.44. The lowest BCUT2D eigenvalue weighted by Gasteiger charge is -2.30. The zero-order valence-corrected chi connectivity index (χ0v) is 18.0. The van der Waals surface area contributed by atoms with Crippen molar-refractivity contribution in [2.45, 2.75) is 66.1 Å². The molecule has 0 spiro atoms. The molecular weight excluding hydrogens is 367 g/mol.